The van der Waals surface area contributed by atoms with Gasteiger partial charge in [-0.05, 0) is 61.3 Å². The van der Waals surface area contributed by atoms with Gasteiger partial charge in [0.15, 0.2) is 28.8 Å². The highest BCUT2D eigenvalue weighted by Gasteiger charge is 2.53. The molecule has 1 saturated carbocycles. The predicted octanol–water partition coefficient (Wildman–Crippen LogP) is 4.57. The lowest BCUT2D eigenvalue weighted by Crippen LogP contribution is -2.59. The van der Waals surface area contributed by atoms with Crippen LogP contribution >= 0.6 is 11.3 Å². The minimum Gasteiger partial charge on any atom is -0.494 e. The monoisotopic (exact) mass is 1110 g/mol. The van der Waals surface area contributed by atoms with E-state index in [-0.39, 0.29) is 74.2 Å². The Bertz CT molecular complexity index is 3010. The number of unbranched alkanes of at least 4 members (excludes halogenated alkanes) is 4. The van der Waals surface area contributed by atoms with Crippen LogP contribution in [-0.2, 0) is 35.8 Å². The number of likely N-dealkylation sites (tertiary alicyclic amines) is 1. The molecule has 23 nitrogen and oxygen atoms in total. The van der Waals surface area contributed by atoms with E-state index in [4.69, 9.17) is 4.74 Å². The number of carbonyl (C=O) groups is 7. The van der Waals surface area contributed by atoms with E-state index in [1.54, 1.807) is 62.5 Å². The molecule has 79 heavy (non-hydrogen) atoms. The fourth-order valence-corrected chi connectivity index (χ4v) is 9.85. The number of aryl methyl sites for hydroxylation is 2. The van der Waals surface area contributed by atoms with Gasteiger partial charge in [0.1, 0.15) is 18.4 Å². The summed E-state index contributed by atoms with van der Waals surface area (Å²) in [7, 11) is 4.68. The van der Waals surface area contributed by atoms with Crippen molar-refractivity contribution in [2.75, 3.05) is 44.4 Å². The number of amides is 7. The van der Waals surface area contributed by atoms with E-state index in [0.29, 0.717) is 47.8 Å². The number of thiazole rings is 1. The molecule has 0 radical (unpaired) electrons. The second kappa shape index (κ2) is 26.1. The molecular formula is C54H69FN14O9S. The molecule has 1 aliphatic heterocycles. The van der Waals surface area contributed by atoms with Crippen LogP contribution in [0.2, 0.25) is 0 Å². The summed E-state index contributed by atoms with van der Waals surface area (Å²) in [6, 6.07) is 11.0. The number of carbonyl (C=O) groups excluding carboxylic acids is 7. The Balaban J connectivity index is 0.861. The molecule has 0 spiro atoms. The van der Waals surface area contributed by atoms with Crippen LogP contribution in [0, 0.1) is 12.3 Å². The maximum atomic E-state index is 14.8. The Hall–Kier alpha value is -7.93. The van der Waals surface area contributed by atoms with Crippen LogP contribution in [0.25, 0.3) is 21.8 Å². The molecule has 5 aromatic rings. The van der Waals surface area contributed by atoms with E-state index in [2.05, 4.69) is 62.5 Å². The van der Waals surface area contributed by atoms with Crippen molar-refractivity contribution in [3.05, 3.63) is 77.3 Å². The maximum absolute atomic E-state index is 14.8. The molecule has 2 aliphatic rings. The number of ether oxygens (including phenoxy) is 1. The summed E-state index contributed by atoms with van der Waals surface area (Å²) in [6.45, 7) is 6.95. The molecule has 422 valence electrons. The number of β-amino-alcohol motifs (C(OH)–C–C–N with tert-alkyl or cyclic N) is 1. The molecule has 3 aromatic heterocycles. The Kier molecular flexibility index (Phi) is 19.4. The smallest absolute Gasteiger partial charge is 0.273 e. The van der Waals surface area contributed by atoms with Crippen molar-refractivity contribution in [1.29, 1.82) is 0 Å². The lowest BCUT2D eigenvalue weighted by molar-refractivity contribution is -0.145. The first-order chi connectivity index (χ1) is 37.7. The van der Waals surface area contributed by atoms with Gasteiger partial charge in [-0.15, -0.1) is 21.5 Å². The second-order valence-electron chi connectivity index (χ2n) is 20.8. The summed E-state index contributed by atoms with van der Waals surface area (Å²) in [6.07, 6.45) is 4.11. The highest BCUT2D eigenvalue weighted by Crippen LogP contribution is 2.41. The van der Waals surface area contributed by atoms with Crippen LogP contribution in [0.3, 0.4) is 0 Å². The predicted molar refractivity (Wildman–Crippen MR) is 292 cm³/mol. The van der Waals surface area contributed by atoms with Crippen molar-refractivity contribution >= 4 is 69.9 Å². The fourth-order valence-electron chi connectivity index (χ4n) is 9.04. The summed E-state index contributed by atoms with van der Waals surface area (Å²) < 4.78 is 22.0. The van der Waals surface area contributed by atoms with Gasteiger partial charge in [-0.2, -0.15) is 5.10 Å². The Morgan fingerprint density at radius 2 is 1.65 bits per heavy atom. The average molecular weight is 1110 g/mol. The number of hydrogen-bond donors (Lipinski definition) is 8. The minimum absolute atomic E-state index is 0.0248. The van der Waals surface area contributed by atoms with Crippen LogP contribution in [0.15, 0.2) is 60.4 Å². The van der Waals surface area contributed by atoms with Crippen LogP contribution < -0.4 is 42.0 Å². The van der Waals surface area contributed by atoms with Gasteiger partial charge in [0, 0.05) is 46.1 Å². The van der Waals surface area contributed by atoms with Crippen molar-refractivity contribution in [1.82, 2.24) is 61.4 Å². The topological polar surface area (TPSA) is 306 Å². The molecule has 4 atom stereocenters. The Morgan fingerprint density at radius 1 is 0.911 bits per heavy atom. The molecule has 25 heteroatoms. The van der Waals surface area contributed by atoms with E-state index in [0.717, 1.165) is 35.4 Å². The highest BCUT2D eigenvalue weighted by atomic mass is 32.1. The van der Waals surface area contributed by atoms with E-state index in [1.165, 1.54) is 36.5 Å². The summed E-state index contributed by atoms with van der Waals surface area (Å²) in [5.74, 6) is -2.97. The number of aliphatic hydroxyl groups excluding tert-OH is 1. The van der Waals surface area contributed by atoms with E-state index in [9.17, 15) is 43.1 Å². The lowest BCUT2D eigenvalue weighted by Gasteiger charge is -2.36. The number of benzene rings is 2. The molecule has 2 fully saturated rings. The summed E-state index contributed by atoms with van der Waals surface area (Å²) in [5.41, 5.74) is 2.52. The van der Waals surface area contributed by atoms with Gasteiger partial charge in [-0.25, -0.2) is 14.4 Å². The van der Waals surface area contributed by atoms with Crippen LogP contribution in [-0.4, -0.2) is 139 Å². The molecule has 1 aliphatic carbocycles. The first-order valence-electron chi connectivity index (χ1n) is 26.2. The van der Waals surface area contributed by atoms with E-state index < -0.39 is 64.8 Å². The summed E-state index contributed by atoms with van der Waals surface area (Å²) in [4.78, 5) is 104. The zero-order valence-electron chi connectivity index (χ0n) is 45.4. The number of anilines is 3. The summed E-state index contributed by atoms with van der Waals surface area (Å²) >= 11 is 1.49. The quantitative estimate of drug-likeness (QED) is 0.0371. The third-order valence-electron chi connectivity index (χ3n) is 13.6. The lowest BCUT2D eigenvalue weighted by atomic mass is 9.85. The number of rotatable bonds is 25. The molecule has 7 rings (SSSR count). The number of aromatic nitrogens is 6. The Labute approximate surface area is 461 Å². The maximum Gasteiger partial charge on any atom is 0.273 e. The molecule has 1 saturated heterocycles. The van der Waals surface area contributed by atoms with Gasteiger partial charge >= 0.3 is 0 Å². The molecule has 7 amide bonds. The first-order valence-corrected chi connectivity index (χ1v) is 27.1. The van der Waals surface area contributed by atoms with Crippen LogP contribution in [0.4, 0.5) is 21.6 Å². The van der Waals surface area contributed by atoms with Crippen molar-refractivity contribution in [2.45, 2.75) is 122 Å². The van der Waals surface area contributed by atoms with Gasteiger partial charge in [0.05, 0.1) is 65.2 Å². The molecule has 0 bridgehead atoms. The number of nitrogens with zero attached hydrogens (tertiary/aromatic N) is 7. The molecular weight excluding hydrogens is 1040 g/mol. The third-order valence-corrected chi connectivity index (χ3v) is 14.5. The van der Waals surface area contributed by atoms with Gasteiger partial charge in [0.2, 0.25) is 29.5 Å². The zero-order chi connectivity index (χ0) is 57.0. The average Bonchev–Trinajstić information content (AvgIpc) is 3.68. The van der Waals surface area contributed by atoms with Gasteiger partial charge in [-0.3, -0.25) is 38.2 Å². The van der Waals surface area contributed by atoms with Crippen molar-refractivity contribution < 1.29 is 47.8 Å². The number of methoxy groups -OCH3 is 1. The number of nitrogens with one attached hydrogen (secondary N) is 7. The second-order valence-corrected chi connectivity index (χ2v) is 21.7. The standard InChI is InChI=1S/C54H69FN14O9S/c1-31-46(79-30-60-31)33-19-17-32(18-20-33)37(62-49(74)39-24-34(70)28-69(39)51(76)47(53(2,3)4)64-52(77)54(55)21-22-54)26-42(72)57-23-12-10-8-9-11-16-41(71)58-27-43(73)63-40-25-38(44(66-65-40)50(75)56-5)61-36-15-13-14-35(45(36)78-7)48-59-29-68(6)67-48/h13-15,17-20,25,29-30,34,37,39,47,70H,8-12,16,21-24,26-28H2,1-7H3,(H,56,75)(H,57,72)(H,58,71)(H,62,74)(H,64,77)(H2,61,63,65,73)/t34-,37+,39+,47-/m1/s1. The van der Waals surface area contributed by atoms with E-state index >= 15 is 0 Å². The van der Waals surface area contributed by atoms with Gasteiger partial charge in [-0.1, -0.05) is 70.4 Å². The van der Waals surface area contributed by atoms with Crippen LogP contribution in [0.1, 0.15) is 113 Å². The number of alkyl halides is 1. The molecule has 8 N–H and O–H groups in total. The fraction of sp³-hybridized carbons (Fsp3) is 0.481. The normalized spacial score (nSPS) is 16.2. The number of aliphatic hydroxyl groups is 1. The minimum atomic E-state index is -2.03. The van der Waals surface area contributed by atoms with Gasteiger partial charge < -0.3 is 52.0 Å². The molecule has 4 heterocycles. The SMILES string of the molecule is CNC(=O)c1nnc(NC(=O)CNC(=O)CCCCCCCNC(=O)C[C@H](NC(=O)[C@@H]2C[C@@H](O)CN2C(=O)[C@@H](NC(=O)C2(F)CC2)C(C)(C)C)c2ccc(-c3scnc3C)cc2)cc1Nc1cccc(-c2ncn(C)n2)c1OC. The largest absolute Gasteiger partial charge is 0.494 e. The highest BCUT2D eigenvalue weighted by molar-refractivity contribution is 7.13. The third kappa shape index (κ3) is 15.4. The first kappa shape index (κ1) is 58.7. The number of hydrogen-bond acceptors (Lipinski definition) is 16. The Morgan fingerprint density at radius 3 is 2.30 bits per heavy atom. The van der Waals surface area contributed by atoms with Crippen LogP contribution in [0.5, 0.6) is 5.75 Å². The molecule has 2 aromatic carbocycles. The number of para-hydroxylation sites is 1. The molecule has 0 unspecified atom stereocenters. The van der Waals surface area contributed by atoms with Crippen molar-refractivity contribution in [2.24, 2.45) is 12.5 Å². The van der Waals surface area contributed by atoms with Crippen molar-refractivity contribution in [3.63, 3.8) is 0 Å². The zero-order valence-corrected chi connectivity index (χ0v) is 46.2. The summed E-state index contributed by atoms with van der Waals surface area (Å²) in [5, 5.41) is 42.6. The van der Waals surface area contributed by atoms with Gasteiger partial charge in [0.25, 0.3) is 11.8 Å². The number of halogens is 1. The van der Waals surface area contributed by atoms with Crippen molar-refractivity contribution in [3.8, 4) is 27.6 Å². The van der Waals surface area contributed by atoms with E-state index in [1.807, 2.05) is 31.2 Å².